The van der Waals surface area contributed by atoms with E-state index in [2.05, 4.69) is 24.1 Å². The van der Waals surface area contributed by atoms with Gasteiger partial charge in [0.2, 0.25) is 5.91 Å². The lowest BCUT2D eigenvalue weighted by Gasteiger charge is -2.54. The number of amides is 3. The van der Waals surface area contributed by atoms with Crippen molar-refractivity contribution < 1.29 is 18.8 Å². The van der Waals surface area contributed by atoms with Gasteiger partial charge < -0.3 is 20.0 Å². The predicted octanol–water partition coefficient (Wildman–Crippen LogP) is 5.58. The summed E-state index contributed by atoms with van der Waals surface area (Å²) in [5.74, 6) is -0.469. The lowest BCUT2D eigenvalue weighted by atomic mass is 9.95. The van der Waals surface area contributed by atoms with Gasteiger partial charge in [-0.1, -0.05) is 57.5 Å². The van der Waals surface area contributed by atoms with Crippen molar-refractivity contribution in [2.24, 2.45) is 5.92 Å². The maximum atomic E-state index is 14.1. The molecule has 7 nitrogen and oxygen atoms in total. The first-order valence-corrected chi connectivity index (χ1v) is 14.4. The number of anilines is 2. The van der Waals surface area contributed by atoms with Gasteiger partial charge in [-0.15, -0.1) is 0 Å². The maximum absolute atomic E-state index is 14.1. The number of halogens is 1. The highest BCUT2D eigenvalue weighted by Crippen LogP contribution is 2.38. The summed E-state index contributed by atoms with van der Waals surface area (Å²) in [7, 11) is 0. The number of piperazine rings is 1. The van der Waals surface area contributed by atoms with Crippen molar-refractivity contribution in [3.63, 3.8) is 0 Å². The van der Waals surface area contributed by atoms with E-state index in [1.807, 2.05) is 30.0 Å². The fraction of sp³-hybridized carbons (Fsp3) is 0.364. The molecule has 2 atom stereocenters. The second-order valence-corrected chi connectivity index (χ2v) is 11.3. The number of hydrogen-bond acceptors (Lipinski definition) is 4. The minimum absolute atomic E-state index is 0.0555. The van der Waals surface area contributed by atoms with Crippen LogP contribution in [0.2, 0.25) is 0 Å². The van der Waals surface area contributed by atoms with Crippen molar-refractivity contribution in [3.8, 4) is 0 Å². The molecule has 1 fully saturated rings. The molecule has 0 radical (unpaired) electrons. The van der Waals surface area contributed by atoms with Gasteiger partial charge in [0.05, 0.1) is 17.8 Å². The molecule has 8 heteroatoms. The van der Waals surface area contributed by atoms with Crippen molar-refractivity contribution in [2.45, 2.75) is 52.2 Å². The van der Waals surface area contributed by atoms with Crippen LogP contribution in [0.3, 0.4) is 0 Å². The van der Waals surface area contributed by atoms with E-state index in [4.69, 9.17) is 0 Å². The number of carbonyl (C=O) groups is 3. The zero-order valence-corrected chi connectivity index (χ0v) is 23.8. The quantitative estimate of drug-likeness (QED) is 0.374. The summed E-state index contributed by atoms with van der Waals surface area (Å²) < 4.78 is 13.4. The highest BCUT2D eigenvalue weighted by molar-refractivity contribution is 6.08. The van der Waals surface area contributed by atoms with Crippen molar-refractivity contribution in [2.75, 3.05) is 29.9 Å². The molecule has 3 amide bonds. The van der Waals surface area contributed by atoms with Gasteiger partial charge in [-0.25, -0.2) is 4.39 Å². The van der Waals surface area contributed by atoms with Gasteiger partial charge >= 0.3 is 0 Å². The Labute approximate surface area is 240 Å². The summed E-state index contributed by atoms with van der Waals surface area (Å²) in [5, 5.41) is 2.92. The second-order valence-electron chi connectivity index (χ2n) is 11.3. The van der Waals surface area contributed by atoms with E-state index >= 15 is 0 Å². The molecule has 0 saturated carbocycles. The van der Waals surface area contributed by atoms with Crippen LogP contribution < -0.4 is 10.2 Å². The second kappa shape index (κ2) is 12.1. The largest absolute Gasteiger partial charge is 0.349 e. The van der Waals surface area contributed by atoms with Gasteiger partial charge in [0.15, 0.2) is 0 Å². The first-order chi connectivity index (χ1) is 19.8. The molecule has 214 valence electrons. The van der Waals surface area contributed by atoms with Crippen LogP contribution in [0.1, 0.15) is 59.9 Å². The van der Waals surface area contributed by atoms with Crippen LogP contribution in [0.4, 0.5) is 15.8 Å². The lowest BCUT2D eigenvalue weighted by molar-refractivity contribution is -0.143. The SMILES string of the molecule is CCC[C@H]1C(=O)N(CCc2ccc(F)cc2)C[C@@H]2N(CC(C)C)c3ccc(NC(=O)c4ccccc4)cc3C(=O)N21. The Morgan fingerprint density at radius 3 is 2.44 bits per heavy atom. The third kappa shape index (κ3) is 5.97. The minimum atomic E-state index is -0.579. The number of fused-ring (bicyclic) bond motifs is 2. The number of nitrogens with zero attached hydrogens (tertiary/aromatic N) is 3. The van der Waals surface area contributed by atoms with Crippen molar-refractivity contribution in [1.29, 1.82) is 0 Å². The normalized spacial score (nSPS) is 18.4. The molecule has 5 rings (SSSR count). The Morgan fingerprint density at radius 1 is 1.02 bits per heavy atom. The summed E-state index contributed by atoms with van der Waals surface area (Å²) in [4.78, 5) is 46.6. The molecule has 0 spiro atoms. The van der Waals surface area contributed by atoms with Crippen LogP contribution in [0.5, 0.6) is 0 Å². The van der Waals surface area contributed by atoms with Crippen molar-refractivity contribution >= 4 is 29.1 Å². The van der Waals surface area contributed by atoms with Gasteiger partial charge in [-0.2, -0.15) is 0 Å². The number of carbonyl (C=O) groups excluding carboxylic acids is 3. The maximum Gasteiger partial charge on any atom is 0.258 e. The number of benzene rings is 3. The first kappa shape index (κ1) is 28.3. The number of rotatable bonds is 9. The molecular weight excluding hydrogens is 519 g/mol. The standard InChI is InChI=1S/C33H37FN4O3/c1-4-8-29-33(41)36(18-17-23-11-13-25(34)14-12-23)21-30-37(20-22(2)3)28-16-15-26(19-27(28)32(40)38(29)30)35-31(39)24-9-6-5-7-10-24/h5-7,9-16,19,22,29-30H,4,8,17-18,20-21H2,1-3H3,(H,35,39)/t29-,30+/m0/s1. The molecular formula is C33H37FN4O3. The van der Waals surface area contributed by atoms with Crippen LogP contribution in [-0.4, -0.2) is 59.4 Å². The van der Waals surface area contributed by atoms with Crippen LogP contribution >= 0.6 is 0 Å². The molecule has 1 N–H and O–H groups in total. The average molecular weight is 557 g/mol. The molecule has 3 aromatic rings. The summed E-state index contributed by atoms with van der Waals surface area (Å²) >= 11 is 0. The van der Waals surface area contributed by atoms with E-state index in [0.29, 0.717) is 55.2 Å². The smallest absolute Gasteiger partial charge is 0.258 e. The van der Waals surface area contributed by atoms with Gasteiger partial charge in [0, 0.05) is 24.3 Å². The van der Waals surface area contributed by atoms with E-state index in [9.17, 15) is 18.8 Å². The highest BCUT2D eigenvalue weighted by Gasteiger charge is 2.48. The molecule has 0 unspecified atom stereocenters. The fourth-order valence-electron chi connectivity index (χ4n) is 5.83. The number of hydrogen-bond donors (Lipinski definition) is 1. The zero-order chi connectivity index (χ0) is 29.1. The molecule has 0 aromatic heterocycles. The summed E-state index contributed by atoms with van der Waals surface area (Å²) in [5.41, 5.74) is 3.32. The van der Waals surface area contributed by atoms with Crippen LogP contribution in [0, 0.1) is 11.7 Å². The zero-order valence-electron chi connectivity index (χ0n) is 23.8. The Morgan fingerprint density at radius 2 is 1.76 bits per heavy atom. The third-order valence-corrected chi connectivity index (χ3v) is 7.77. The molecule has 0 aliphatic carbocycles. The van der Waals surface area contributed by atoms with E-state index in [0.717, 1.165) is 17.7 Å². The lowest BCUT2D eigenvalue weighted by Crippen LogP contribution is -2.70. The van der Waals surface area contributed by atoms with E-state index in [1.54, 1.807) is 47.4 Å². The van der Waals surface area contributed by atoms with Gasteiger partial charge in [-0.05, 0) is 66.8 Å². The van der Waals surface area contributed by atoms with Crippen molar-refractivity contribution in [3.05, 3.63) is 95.3 Å². The summed E-state index contributed by atoms with van der Waals surface area (Å²) in [6.45, 7) is 7.89. The van der Waals surface area contributed by atoms with Crippen molar-refractivity contribution in [1.82, 2.24) is 9.80 Å². The van der Waals surface area contributed by atoms with Crippen LogP contribution in [-0.2, 0) is 11.2 Å². The molecule has 3 aromatic carbocycles. The van der Waals surface area contributed by atoms with E-state index in [-0.39, 0.29) is 29.7 Å². The van der Waals surface area contributed by atoms with Gasteiger partial charge in [0.25, 0.3) is 11.8 Å². The predicted molar refractivity (Wildman–Crippen MR) is 158 cm³/mol. The average Bonchev–Trinajstić information content (AvgIpc) is 2.97. The van der Waals surface area contributed by atoms with Gasteiger partial charge in [0.1, 0.15) is 18.0 Å². The Kier molecular flexibility index (Phi) is 8.38. The summed E-state index contributed by atoms with van der Waals surface area (Å²) in [6.07, 6.45) is 1.62. The van der Waals surface area contributed by atoms with E-state index in [1.165, 1.54) is 12.1 Å². The molecule has 2 aliphatic heterocycles. The highest BCUT2D eigenvalue weighted by atomic mass is 19.1. The fourth-order valence-corrected chi connectivity index (χ4v) is 5.83. The molecule has 2 heterocycles. The topological polar surface area (TPSA) is 73.0 Å². The number of nitrogens with one attached hydrogen (secondary N) is 1. The van der Waals surface area contributed by atoms with Crippen LogP contribution in [0.25, 0.3) is 0 Å². The summed E-state index contributed by atoms with van der Waals surface area (Å²) in [6, 6.07) is 20.2. The monoisotopic (exact) mass is 556 g/mol. The minimum Gasteiger partial charge on any atom is -0.349 e. The van der Waals surface area contributed by atoms with E-state index < -0.39 is 6.04 Å². The Balaban J connectivity index is 1.46. The van der Waals surface area contributed by atoms with Crippen LogP contribution in [0.15, 0.2) is 72.8 Å². The molecule has 41 heavy (non-hydrogen) atoms. The third-order valence-electron chi connectivity index (χ3n) is 7.77. The van der Waals surface area contributed by atoms with Gasteiger partial charge in [-0.3, -0.25) is 14.4 Å². The molecule has 1 saturated heterocycles. The Hall–Kier alpha value is -4.20. The first-order valence-electron chi connectivity index (χ1n) is 14.4. The molecule has 0 bridgehead atoms. The molecule has 2 aliphatic rings. The Bertz CT molecular complexity index is 1410.